The van der Waals surface area contributed by atoms with Gasteiger partial charge in [-0.1, -0.05) is 6.92 Å². The number of aromatic amines is 1. The van der Waals surface area contributed by atoms with Crippen molar-refractivity contribution in [1.82, 2.24) is 20.4 Å². The van der Waals surface area contributed by atoms with E-state index in [4.69, 9.17) is 0 Å². The fraction of sp³-hybridized carbons (Fsp3) is 0.750. The average molecular weight is 222 g/mol. The summed E-state index contributed by atoms with van der Waals surface area (Å²) in [6.07, 6.45) is 5.07. The molecule has 0 aliphatic carbocycles. The van der Waals surface area contributed by atoms with Gasteiger partial charge < -0.3 is 10.2 Å². The molecule has 3 atom stereocenters. The van der Waals surface area contributed by atoms with Gasteiger partial charge in [-0.25, -0.2) is 0 Å². The molecule has 0 aromatic carbocycles. The Balaban J connectivity index is 1.85. The van der Waals surface area contributed by atoms with Crippen molar-refractivity contribution in [2.24, 2.45) is 5.92 Å². The zero-order chi connectivity index (χ0) is 11.5. The Bertz CT molecular complexity index is 309. The van der Waals surface area contributed by atoms with Crippen molar-refractivity contribution in [3.05, 3.63) is 18.0 Å². The van der Waals surface area contributed by atoms with Crippen molar-refractivity contribution in [2.45, 2.75) is 38.9 Å². The van der Waals surface area contributed by atoms with Crippen molar-refractivity contribution in [3.63, 3.8) is 0 Å². The van der Waals surface area contributed by atoms with Crippen molar-refractivity contribution in [3.8, 4) is 0 Å². The number of hydrogen-bond acceptors (Lipinski definition) is 3. The summed E-state index contributed by atoms with van der Waals surface area (Å²) in [6.45, 7) is 6.74. The minimum absolute atomic E-state index is 0.626. The van der Waals surface area contributed by atoms with E-state index < -0.39 is 0 Å². The smallest absolute Gasteiger partial charge is 0.0532 e. The molecule has 4 heteroatoms. The third-order valence-electron chi connectivity index (χ3n) is 3.73. The summed E-state index contributed by atoms with van der Waals surface area (Å²) >= 11 is 0. The van der Waals surface area contributed by atoms with E-state index >= 15 is 0 Å². The summed E-state index contributed by atoms with van der Waals surface area (Å²) in [5, 5.41) is 10.4. The van der Waals surface area contributed by atoms with E-state index in [1.54, 1.807) is 0 Å². The van der Waals surface area contributed by atoms with Crippen LogP contribution in [0.5, 0.6) is 0 Å². The highest BCUT2D eigenvalue weighted by Gasteiger charge is 2.28. The predicted molar refractivity (Wildman–Crippen MR) is 65.1 cm³/mol. The monoisotopic (exact) mass is 222 g/mol. The molecule has 1 aliphatic rings. The van der Waals surface area contributed by atoms with E-state index in [1.165, 1.54) is 18.5 Å². The van der Waals surface area contributed by atoms with Gasteiger partial charge in [0.05, 0.1) is 6.20 Å². The van der Waals surface area contributed by atoms with Gasteiger partial charge in [-0.05, 0) is 26.3 Å². The minimum atomic E-state index is 0.626. The van der Waals surface area contributed by atoms with E-state index in [0.717, 1.165) is 6.54 Å². The Morgan fingerprint density at radius 1 is 1.56 bits per heavy atom. The van der Waals surface area contributed by atoms with E-state index in [0.29, 0.717) is 18.0 Å². The van der Waals surface area contributed by atoms with Gasteiger partial charge in [0.2, 0.25) is 0 Å². The Labute approximate surface area is 97.4 Å². The van der Waals surface area contributed by atoms with E-state index in [2.05, 4.69) is 41.3 Å². The molecule has 4 nitrogen and oxygen atoms in total. The second kappa shape index (κ2) is 4.97. The first-order valence-corrected chi connectivity index (χ1v) is 6.08. The molecule has 0 bridgehead atoms. The molecule has 1 aliphatic heterocycles. The molecule has 16 heavy (non-hydrogen) atoms. The first-order chi connectivity index (χ1) is 7.66. The maximum Gasteiger partial charge on any atom is 0.0532 e. The third-order valence-corrected chi connectivity index (χ3v) is 3.73. The van der Waals surface area contributed by atoms with Gasteiger partial charge in [-0.3, -0.25) is 5.10 Å². The number of aromatic nitrogens is 2. The first-order valence-electron chi connectivity index (χ1n) is 6.08. The SMILES string of the molecule is CC1CN(C)C(C)CC1NCc1cn[nH]c1. The van der Waals surface area contributed by atoms with Crippen molar-refractivity contribution >= 4 is 0 Å². The molecule has 1 aromatic heterocycles. The highest BCUT2D eigenvalue weighted by Crippen LogP contribution is 2.20. The van der Waals surface area contributed by atoms with E-state index in [1.807, 2.05) is 12.4 Å². The largest absolute Gasteiger partial charge is 0.309 e. The van der Waals surface area contributed by atoms with E-state index in [-0.39, 0.29) is 0 Å². The van der Waals surface area contributed by atoms with Gasteiger partial charge in [-0.15, -0.1) is 0 Å². The Morgan fingerprint density at radius 3 is 3.06 bits per heavy atom. The fourth-order valence-electron chi connectivity index (χ4n) is 2.45. The van der Waals surface area contributed by atoms with Crippen LogP contribution < -0.4 is 5.32 Å². The Hall–Kier alpha value is -0.870. The molecule has 0 radical (unpaired) electrons. The molecule has 90 valence electrons. The van der Waals surface area contributed by atoms with Crippen LogP contribution >= 0.6 is 0 Å². The molecule has 0 amide bonds. The van der Waals surface area contributed by atoms with E-state index in [9.17, 15) is 0 Å². The number of rotatable bonds is 3. The lowest BCUT2D eigenvalue weighted by molar-refractivity contribution is 0.121. The number of H-pyrrole nitrogens is 1. The van der Waals surface area contributed by atoms with Crippen LogP contribution in [0.4, 0.5) is 0 Å². The summed E-state index contributed by atoms with van der Waals surface area (Å²) < 4.78 is 0. The quantitative estimate of drug-likeness (QED) is 0.808. The molecule has 2 heterocycles. The lowest BCUT2D eigenvalue weighted by Gasteiger charge is -2.40. The highest BCUT2D eigenvalue weighted by atomic mass is 15.2. The van der Waals surface area contributed by atoms with Crippen LogP contribution in [0.1, 0.15) is 25.8 Å². The number of nitrogens with zero attached hydrogens (tertiary/aromatic N) is 2. The number of nitrogens with one attached hydrogen (secondary N) is 2. The zero-order valence-electron chi connectivity index (χ0n) is 10.4. The average Bonchev–Trinajstić information content (AvgIpc) is 2.74. The summed E-state index contributed by atoms with van der Waals surface area (Å²) in [5.74, 6) is 0.716. The van der Waals surface area contributed by atoms with Crippen LogP contribution in [0.2, 0.25) is 0 Å². The minimum Gasteiger partial charge on any atom is -0.309 e. The van der Waals surface area contributed by atoms with Crippen LogP contribution in [0.25, 0.3) is 0 Å². The molecule has 2 rings (SSSR count). The van der Waals surface area contributed by atoms with Crippen LogP contribution in [0, 0.1) is 5.92 Å². The number of likely N-dealkylation sites (tertiary alicyclic amines) is 1. The lowest BCUT2D eigenvalue weighted by Crippen LogP contribution is -2.50. The number of hydrogen-bond donors (Lipinski definition) is 2. The fourth-order valence-corrected chi connectivity index (χ4v) is 2.45. The third kappa shape index (κ3) is 2.62. The van der Waals surface area contributed by atoms with Crippen molar-refractivity contribution in [1.29, 1.82) is 0 Å². The maximum absolute atomic E-state index is 3.96. The zero-order valence-corrected chi connectivity index (χ0v) is 10.4. The van der Waals surface area contributed by atoms with Crippen LogP contribution in [0.15, 0.2) is 12.4 Å². The van der Waals surface area contributed by atoms with Crippen LogP contribution in [-0.4, -0.2) is 40.8 Å². The molecule has 0 saturated carbocycles. The lowest BCUT2D eigenvalue weighted by atomic mass is 9.90. The molecule has 0 spiro atoms. The number of piperidine rings is 1. The van der Waals surface area contributed by atoms with Gasteiger partial charge in [0, 0.05) is 36.9 Å². The van der Waals surface area contributed by atoms with Gasteiger partial charge in [0.1, 0.15) is 0 Å². The topological polar surface area (TPSA) is 44.0 Å². The first kappa shape index (κ1) is 11.6. The Morgan fingerprint density at radius 2 is 2.38 bits per heavy atom. The molecule has 1 saturated heterocycles. The second-order valence-electron chi connectivity index (χ2n) is 5.10. The summed E-state index contributed by atoms with van der Waals surface area (Å²) in [6, 6.07) is 1.30. The van der Waals surface area contributed by atoms with Crippen molar-refractivity contribution in [2.75, 3.05) is 13.6 Å². The normalized spacial score (nSPS) is 31.8. The Kier molecular flexibility index (Phi) is 3.61. The van der Waals surface area contributed by atoms with Gasteiger partial charge in [0.25, 0.3) is 0 Å². The molecule has 1 aromatic rings. The molecule has 2 N–H and O–H groups in total. The van der Waals surface area contributed by atoms with Crippen LogP contribution in [-0.2, 0) is 6.54 Å². The summed E-state index contributed by atoms with van der Waals surface area (Å²) in [7, 11) is 2.22. The standard InChI is InChI=1S/C12H22N4/c1-9-8-16(3)10(2)4-12(9)13-5-11-6-14-15-7-11/h6-7,9-10,12-13H,4-5,8H2,1-3H3,(H,14,15). The molecular formula is C12H22N4. The summed E-state index contributed by atoms with van der Waals surface area (Å²) in [4.78, 5) is 2.45. The molecule has 1 fully saturated rings. The predicted octanol–water partition coefficient (Wildman–Crippen LogP) is 1.23. The highest BCUT2D eigenvalue weighted by molar-refractivity contribution is 5.02. The summed E-state index contributed by atoms with van der Waals surface area (Å²) in [5.41, 5.74) is 1.23. The van der Waals surface area contributed by atoms with Gasteiger partial charge in [0.15, 0.2) is 0 Å². The molecular weight excluding hydrogens is 200 g/mol. The maximum atomic E-state index is 3.96. The van der Waals surface area contributed by atoms with Crippen molar-refractivity contribution < 1.29 is 0 Å². The molecule has 3 unspecified atom stereocenters. The van der Waals surface area contributed by atoms with Crippen LogP contribution in [0.3, 0.4) is 0 Å². The van der Waals surface area contributed by atoms with Gasteiger partial charge in [-0.2, -0.15) is 5.10 Å². The van der Waals surface area contributed by atoms with Gasteiger partial charge >= 0.3 is 0 Å². The second-order valence-corrected chi connectivity index (χ2v) is 5.10.